The summed E-state index contributed by atoms with van der Waals surface area (Å²) < 4.78 is 6.11. The number of nitrogens with zero attached hydrogens (tertiary/aromatic N) is 3. The summed E-state index contributed by atoms with van der Waals surface area (Å²) in [5.41, 5.74) is 1.69. The summed E-state index contributed by atoms with van der Waals surface area (Å²) in [5.74, 6) is 0.527. The molecule has 3 heterocycles. The van der Waals surface area contributed by atoms with Crippen LogP contribution in [0.25, 0.3) is 0 Å². The van der Waals surface area contributed by atoms with Gasteiger partial charge in [0.2, 0.25) is 11.8 Å². The number of amides is 2. The van der Waals surface area contributed by atoms with Gasteiger partial charge < -0.3 is 14.5 Å². The molecule has 4 rings (SSSR count). The average Bonchev–Trinajstić information content (AvgIpc) is 3.27. The van der Waals surface area contributed by atoms with Gasteiger partial charge in [-0.25, -0.2) is 4.98 Å². The highest BCUT2D eigenvalue weighted by Crippen LogP contribution is 2.23. The normalized spacial score (nSPS) is 19.0. The topological polar surface area (TPSA) is 62.7 Å². The molecule has 0 aliphatic carbocycles. The number of aryl methyl sites for hydroxylation is 1. The van der Waals surface area contributed by atoms with E-state index in [2.05, 4.69) is 4.98 Å². The van der Waals surface area contributed by atoms with Crippen molar-refractivity contribution >= 4 is 11.8 Å². The number of benzene rings is 1. The van der Waals surface area contributed by atoms with Gasteiger partial charge in [-0.05, 0) is 43.4 Å². The van der Waals surface area contributed by atoms with Crippen molar-refractivity contribution in [1.29, 1.82) is 0 Å². The van der Waals surface area contributed by atoms with E-state index in [1.54, 1.807) is 18.3 Å². The van der Waals surface area contributed by atoms with Crippen LogP contribution in [-0.4, -0.2) is 58.9 Å². The number of carbonyl (C=O) groups is 2. The zero-order chi connectivity index (χ0) is 20.8. The molecule has 2 aliphatic heterocycles. The van der Waals surface area contributed by atoms with Gasteiger partial charge in [-0.15, -0.1) is 0 Å². The number of aromatic nitrogens is 1. The van der Waals surface area contributed by atoms with Gasteiger partial charge >= 0.3 is 0 Å². The molecule has 0 N–H and O–H groups in total. The number of carbonyl (C=O) groups excluding carboxylic acids is 2. The second kappa shape index (κ2) is 9.74. The number of pyridine rings is 1. The third-order valence-electron chi connectivity index (χ3n) is 5.89. The lowest BCUT2D eigenvalue weighted by molar-refractivity contribution is -0.130. The Balaban J connectivity index is 1.33. The average molecular weight is 408 g/mol. The number of hydrogen-bond acceptors (Lipinski definition) is 4. The summed E-state index contributed by atoms with van der Waals surface area (Å²) in [5, 5.41) is 0. The highest BCUT2D eigenvalue weighted by Gasteiger charge is 2.29. The van der Waals surface area contributed by atoms with E-state index in [9.17, 15) is 9.59 Å². The Kier molecular flexibility index (Phi) is 6.62. The van der Waals surface area contributed by atoms with Crippen molar-refractivity contribution in [2.45, 2.75) is 44.6 Å². The predicted molar refractivity (Wildman–Crippen MR) is 114 cm³/mol. The largest absolute Gasteiger partial charge is 0.472 e. The summed E-state index contributed by atoms with van der Waals surface area (Å²) in [6, 6.07) is 13.6. The third kappa shape index (κ3) is 4.99. The van der Waals surface area contributed by atoms with Crippen LogP contribution < -0.4 is 4.74 Å². The maximum atomic E-state index is 12.9. The second-order valence-corrected chi connectivity index (χ2v) is 8.06. The molecule has 2 aliphatic rings. The molecular formula is C24H29N3O3. The highest BCUT2D eigenvalue weighted by atomic mass is 16.5. The van der Waals surface area contributed by atoms with Crippen LogP contribution in [0.5, 0.6) is 5.88 Å². The molecule has 0 radical (unpaired) electrons. The molecule has 1 aromatic heterocycles. The Morgan fingerprint density at radius 1 is 0.967 bits per heavy atom. The molecule has 2 amide bonds. The van der Waals surface area contributed by atoms with Crippen molar-refractivity contribution in [2.75, 3.05) is 26.2 Å². The molecule has 158 valence electrons. The monoisotopic (exact) mass is 407 g/mol. The molecule has 6 nitrogen and oxygen atoms in total. The molecule has 2 fully saturated rings. The van der Waals surface area contributed by atoms with Crippen LogP contribution in [0.4, 0.5) is 0 Å². The standard InChI is InChI=1S/C24H29N3O3/c28-22(12-11-19-8-3-1-4-9-19)27-17-13-20(18-27)30-23-21(10-7-14-25-23)24(29)26-15-5-2-6-16-26/h1,3-4,7-10,14,20H,2,5-6,11-13,15-18H2. The lowest BCUT2D eigenvalue weighted by Gasteiger charge is -2.27. The van der Waals surface area contributed by atoms with Gasteiger partial charge in [0.25, 0.3) is 5.91 Å². The summed E-state index contributed by atoms with van der Waals surface area (Å²) in [7, 11) is 0. The van der Waals surface area contributed by atoms with Gasteiger partial charge in [-0.1, -0.05) is 30.3 Å². The van der Waals surface area contributed by atoms with Gasteiger partial charge in [-0.3, -0.25) is 9.59 Å². The second-order valence-electron chi connectivity index (χ2n) is 8.06. The Bertz CT molecular complexity index is 865. The van der Waals surface area contributed by atoms with Gasteiger partial charge in [0.1, 0.15) is 11.7 Å². The van der Waals surface area contributed by atoms with E-state index >= 15 is 0 Å². The number of ether oxygens (including phenoxy) is 1. The van der Waals surface area contributed by atoms with Gasteiger partial charge in [0.15, 0.2) is 0 Å². The molecule has 2 aromatic rings. The van der Waals surface area contributed by atoms with Crippen molar-refractivity contribution in [3.05, 3.63) is 59.8 Å². The Morgan fingerprint density at radius 2 is 1.77 bits per heavy atom. The summed E-state index contributed by atoms with van der Waals surface area (Å²) >= 11 is 0. The molecule has 6 heteroatoms. The van der Waals surface area contributed by atoms with E-state index in [-0.39, 0.29) is 17.9 Å². The van der Waals surface area contributed by atoms with Crippen LogP contribution in [-0.2, 0) is 11.2 Å². The Hall–Kier alpha value is -2.89. The highest BCUT2D eigenvalue weighted by molar-refractivity contribution is 5.96. The number of likely N-dealkylation sites (tertiary alicyclic amines) is 2. The SMILES string of the molecule is O=C(CCc1ccccc1)N1CCC(Oc2ncccc2C(=O)N2CCCCC2)C1. The number of rotatable bonds is 6. The maximum Gasteiger partial charge on any atom is 0.259 e. The summed E-state index contributed by atoms with van der Waals surface area (Å²) in [4.78, 5) is 33.6. The quantitative estimate of drug-likeness (QED) is 0.737. The van der Waals surface area contributed by atoms with E-state index in [1.165, 1.54) is 12.0 Å². The summed E-state index contributed by atoms with van der Waals surface area (Å²) in [6.07, 6.45) is 6.79. The molecule has 0 bridgehead atoms. The van der Waals surface area contributed by atoms with Gasteiger partial charge in [0.05, 0.1) is 6.54 Å². The predicted octanol–water partition coefficient (Wildman–Crippen LogP) is 3.32. The van der Waals surface area contributed by atoms with Crippen molar-refractivity contribution in [2.24, 2.45) is 0 Å². The minimum absolute atomic E-state index is 0.00779. The first kappa shape index (κ1) is 20.4. The van der Waals surface area contributed by atoms with E-state index in [0.29, 0.717) is 31.0 Å². The van der Waals surface area contributed by atoms with Crippen molar-refractivity contribution in [3.8, 4) is 5.88 Å². The van der Waals surface area contributed by atoms with E-state index < -0.39 is 0 Å². The molecular weight excluding hydrogens is 378 g/mol. The number of hydrogen-bond donors (Lipinski definition) is 0. The van der Waals surface area contributed by atoms with Crippen molar-refractivity contribution in [1.82, 2.24) is 14.8 Å². The molecule has 2 saturated heterocycles. The number of piperidine rings is 1. The minimum atomic E-state index is -0.131. The first-order chi connectivity index (χ1) is 14.7. The van der Waals surface area contributed by atoms with Crippen LogP contribution in [0, 0.1) is 0 Å². The first-order valence-electron chi connectivity index (χ1n) is 10.9. The molecule has 0 saturated carbocycles. The van der Waals surface area contributed by atoms with Crippen LogP contribution in [0.3, 0.4) is 0 Å². The fraction of sp³-hybridized carbons (Fsp3) is 0.458. The van der Waals surface area contributed by atoms with E-state index in [4.69, 9.17) is 4.74 Å². The lowest BCUT2D eigenvalue weighted by Crippen LogP contribution is -2.36. The zero-order valence-electron chi connectivity index (χ0n) is 17.3. The molecule has 1 atom stereocenters. The fourth-order valence-corrected chi connectivity index (χ4v) is 4.18. The minimum Gasteiger partial charge on any atom is -0.472 e. The van der Waals surface area contributed by atoms with Crippen molar-refractivity contribution in [3.63, 3.8) is 0 Å². The lowest BCUT2D eigenvalue weighted by atomic mass is 10.1. The Morgan fingerprint density at radius 3 is 2.57 bits per heavy atom. The van der Waals surface area contributed by atoms with Crippen LogP contribution >= 0.6 is 0 Å². The van der Waals surface area contributed by atoms with Crippen LogP contribution in [0.1, 0.15) is 48.0 Å². The molecule has 0 spiro atoms. The third-order valence-corrected chi connectivity index (χ3v) is 5.89. The van der Waals surface area contributed by atoms with Crippen LogP contribution in [0.15, 0.2) is 48.7 Å². The smallest absolute Gasteiger partial charge is 0.259 e. The van der Waals surface area contributed by atoms with E-state index in [0.717, 1.165) is 38.8 Å². The fourth-order valence-electron chi connectivity index (χ4n) is 4.18. The molecule has 1 unspecified atom stereocenters. The van der Waals surface area contributed by atoms with Crippen LogP contribution in [0.2, 0.25) is 0 Å². The molecule has 30 heavy (non-hydrogen) atoms. The Labute approximate surface area is 177 Å². The van der Waals surface area contributed by atoms with Gasteiger partial charge in [-0.2, -0.15) is 0 Å². The molecule has 1 aromatic carbocycles. The first-order valence-corrected chi connectivity index (χ1v) is 10.9. The zero-order valence-corrected chi connectivity index (χ0v) is 17.3. The van der Waals surface area contributed by atoms with Crippen molar-refractivity contribution < 1.29 is 14.3 Å². The maximum absolute atomic E-state index is 12.9. The van der Waals surface area contributed by atoms with E-state index in [1.807, 2.05) is 40.1 Å². The summed E-state index contributed by atoms with van der Waals surface area (Å²) in [6.45, 7) is 2.81. The van der Waals surface area contributed by atoms with Gasteiger partial charge in [0, 0.05) is 38.7 Å².